The van der Waals surface area contributed by atoms with E-state index < -0.39 is 0 Å². The molecular weight excluding hydrogens is 352 g/mol. The summed E-state index contributed by atoms with van der Waals surface area (Å²) in [6, 6.07) is 10.1. The number of hydrogen-bond acceptors (Lipinski definition) is 3. The van der Waals surface area contributed by atoms with E-state index in [1.54, 1.807) is 4.90 Å². The molecule has 0 unspecified atom stereocenters. The zero-order valence-corrected chi connectivity index (χ0v) is 16.5. The van der Waals surface area contributed by atoms with E-state index in [1.807, 2.05) is 35.5 Å². The zero-order chi connectivity index (χ0) is 19.5. The quantitative estimate of drug-likeness (QED) is 0.801. The van der Waals surface area contributed by atoms with E-state index in [4.69, 9.17) is 0 Å². The third-order valence-electron chi connectivity index (χ3n) is 6.11. The van der Waals surface area contributed by atoms with Gasteiger partial charge < -0.3 is 14.4 Å². The minimum atomic E-state index is 0.0688. The first kappa shape index (κ1) is 18.7. The first-order chi connectivity index (χ1) is 13.7. The predicted octanol–water partition coefficient (Wildman–Crippen LogP) is 2.63. The number of carbonyl (C=O) groups is 2. The lowest BCUT2D eigenvalue weighted by Crippen LogP contribution is -2.44. The molecule has 3 heterocycles. The molecule has 0 aliphatic carbocycles. The van der Waals surface area contributed by atoms with Crippen molar-refractivity contribution in [2.24, 2.45) is 0 Å². The Morgan fingerprint density at radius 3 is 2.61 bits per heavy atom. The van der Waals surface area contributed by atoms with E-state index in [1.165, 1.54) is 5.56 Å². The normalized spacial score (nSPS) is 20.8. The SMILES string of the molecule is CCn1ccnc1C1CCN(C(=O)CN2C[C@H](c3ccccc3)CC2=O)CC1. The molecule has 0 bridgehead atoms. The van der Waals surface area contributed by atoms with Crippen molar-refractivity contribution in [3.8, 4) is 0 Å². The zero-order valence-electron chi connectivity index (χ0n) is 16.5. The maximum absolute atomic E-state index is 12.8. The predicted molar refractivity (Wildman–Crippen MR) is 107 cm³/mol. The monoisotopic (exact) mass is 380 g/mol. The van der Waals surface area contributed by atoms with E-state index in [-0.39, 0.29) is 24.3 Å². The Balaban J connectivity index is 1.31. The summed E-state index contributed by atoms with van der Waals surface area (Å²) in [6.07, 6.45) is 6.25. The average Bonchev–Trinajstić information content (AvgIpc) is 3.35. The maximum atomic E-state index is 12.8. The highest BCUT2D eigenvalue weighted by atomic mass is 16.2. The summed E-state index contributed by atoms with van der Waals surface area (Å²) in [5.41, 5.74) is 1.18. The van der Waals surface area contributed by atoms with Gasteiger partial charge in [-0.3, -0.25) is 9.59 Å². The molecule has 0 radical (unpaired) electrons. The molecule has 2 aromatic rings. The molecule has 1 atom stereocenters. The van der Waals surface area contributed by atoms with Crippen molar-refractivity contribution < 1.29 is 9.59 Å². The van der Waals surface area contributed by atoms with Crippen LogP contribution in [0.4, 0.5) is 0 Å². The number of imidazole rings is 1. The number of rotatable bonds is 5. The molecule has 0 N–H and O–H groups in total. The van der Waals surface area contributed by atoms with E-state index in [9.17, 15) is 9.59 Å². The number of aromatic nitrogens is 2. The summed E-state index contributed by atoms with van der Waals surface area (Å²) in [7, 11) is 0. The van der Waals surface area contributed by atoms with Crippen LogP contribution >= 0.6 is 0 Å². The molecule has 1 aromatic carbocycles. The minimum Gasteiger partial charge on any atom is -0.341 e. The summed E-state index contributed by atoms with van der Waals surface area (Å²) in [6.45, 7) is 5.37. The molecule has 2 aliphatic rings. The Morgan fingerprint density at radius 1 is 1.14 bits per heavy atom. The van der Waals surface area contributed by atoms with Crippen LogP contribution in [-0.4, -0.2) is 57.3 Å². The number of benzene rings is 1. The largest absolute Gasteiger partial charge is 0.341 e. The van der Waals surface area contributed by atoms with Gasteiger partial charge in [0.1, 0.15) is 5.82 Å². The van der Waals surface area contributed by atoms with E-state index in [2.05, 4.69) is 28.6 Å². The van der Waals surface area contributed by atoms with Gasteiger partial charge in [-0.1, -0.05) is 30.3 Å². The lowest BCUT2D eigenvalue weighted by atomic mass is 9.96. The second kappa shape index (κ2) is 8.17. The van der Waals surface area contributed by atoms with Crippen LogP contribution < -0.4 is 0 Å². The van der Waals surface area contributed by atoms with Crippen molar-refractivity contribution in [3.63, 3.8) is 0 Å². The van der Waals surface area contributed by atoms with Gasteiger partial charge in [0.25, 0.3) is 0 Å². The van der Waals surface area contributed by atoms with Gasteiger partial charge in [-0.15, -0.1) is 0 Å². The summed E-state index contributed by atoms with van der Waals surface area (Å²) < 4.78 is 2.19. The van der Waals surface area contributed by atoms with Crippen LogP contribution in [0.15, 0.2) is 42.7 Å². The molecule has 1 aromatic heterocycles. The van der Waals surface area contributed by atoms with E-state index >= 15 is 0 Å². The van der Waals surface area contributed by atoms with Gasteiger partial charge in [0.2, 0.25) is 11.8 Å². The Bertz CT molecular complexity index is 824. The summed E-state index contributed by atoms with van der Waals surface area (Å²) in [4.78, 5) is 33.3. The van der Waals surface area contributed by atoms with E-state index in [0.29, 0.717) is 18.9 Å². The Hall–Kier alpha value is -2.63. The van der Waals surface area contributed by atoms with Gasteiger partial charge in [0.15, 0.2) is 0 Å². The Kier molecular flexibility index (Phi) is 5.46. The van der Waals surface area contributed by atoms with Crippen molar-refractivity contribution in [3.05, 3.63) is 54.1 Å². The first-order valence-electron chi connectivity index (χ1n) is 10.3. The lowest BCUT2D eigenvalue weighted by molar-refractivity contribution is -0.139. The number of piperidine rings is 1. The molecule has 148 valence electrons. The van der Waals surface area contributed by atoms with Gasteiger partial charge in [-0.05, 0) is 25.3 Å². The van der Waals surface area contributed by atoms with Gasteiger partial charge in [-0.25, -0.2) is 4.98 Å². The standard InChI is InChI=1S/C22H28N4O2/c1-2-24-13-10-23-22(24)18-8-11-25(12-9-18)21(28)16-26-15-19(14-20(26)27)17-6-4-3-5-7-17/h3-7,10,13,18-19H,2,8-9,11-12,14-16H2,1H3/t19-/m1/s1. The fourth-order valence-corrected chi connectivity index (χ4v) is 4.47. The van der Waals surface area contributed by atoms with Crippen LogP contribution in [0, 0.1) is 0 Å². The molecular formula is C22H28N4O2. The fraction of sp³-hybridized carbons (Fsp3) is 0.500. The number of nitrogens with zero attached hydrogens (tertiary/aromatic N) is 4. The first-order valence-corrected chi connectivity index (χ1v) is 10.3. The highest BCUT2D eigenvalue weighted by Crippen LogP contribution is 2.29. The van der Waals surface area contributed by atoms with Crippen LogP contribution in [0.2, 0.25) is 0 Å². The van der Waals surface area contributed by atoms with Crippen LogP contribution in [0.1, 0.15) is 49.4 Å². The van der Waals surface area contributed by atoms with Crippen LogP contribution in [0.5, 0.6) is 0 Å². The molecule has 6 heteroatoms. The summed E-state index contributed by atoms with van der Waals surface area (Å²) in [5.74, 6) is 1.89. The Labute approximate surface area is 166 Å². The minimum absolute atomic E-state index is 0.0688. The number of likely N-dealkylation sites (tertiary alicyclic amines) is 2. The Morgan fingerprint density at radius 2 is 1.89 bits per heavy atom. The number of hydrogen-bond donors (Lipinski definition) is 0. The topological polar surface area (TPSA) is 58.4 Å². The highest BCUT2D eigenvalue weighted by Gasteiger charge is 2.33. The molecule has 2 amide bonds. The summed E-state index contributed by atoms with van der Waals surface area (Å²) in [5, 5.41) is 0. The van der Waals surface area contributed by atoms with Gasteiger partial charge in [-0.2, -0.15) is 0 Å². The maximum Gasteiger partial charge on any atom is 0.242 e. The van der Waals surface area contributed by atoms with Crippen LogP contribution in [0.25, 0.3) is 0 Å². The molecule has 6 nitrogen and oxygen atoms in total. The van der Waals surface area contributed by atoms with E-state index in [0.717, 1.165) is 38.3 Å². The molecule has 2 aliphatic heterocycles. The fourth-order valence-electron chi connectivity index (χ4n) is 4.47. The second-order valence-electron chi connectivity index (χ2n) is 7.81. The van der Waals surface area contributed by atoms with Gasteiger partial charge in [0, 0.05) is 56.8 Å². The van der Waals surface area contributed by atoms with Crippen LogP contribution in [0.3, 0.4) is 0 Å². The average molecular weight is 380 g/mol. The number of amides is 2. The second-order valence-corrected chi connectivity index (χ2v) is 7.81. The molecule has 2 saturated heterocycles. The number of carbonyl (C=O) groups excluding carboxylic acids is 2. The van der Waals surface area contributed by atoms with Crippen molar-refractivity contribution in [2.45, 2.75) is 44.6 Å². The summed E-state index contributed by atoms with van der Waals surface area (Å²) >= 11 is 0. The molecule has 4 rings (SSSR count). The molecule has 2 fully saturated rings. The molecule has 28 heavy (non-hydrogen) atoms. The van der Waals surface area contributed by atoms with Gasteiger partial charge >= 0.3 is 0 Å². The highest BCUT2D eigenvalue weighted by molar-refractivity contribution is 5.86. The van der Waals surface area contributed by atoms with Crippen molar-refractivity contribution >= 4 is 11.8 Å². The molecule has 0 saturated carbocycles. The third kappa shape index (κ3) is 3.81. The lowest BCUT2D eigenvalue weighted by Gasteiger charge is -2.33. The smallest absolute Gasteiger partial charge is 0.242 e. The van der Waals surface area contributed by atoms with Crippen molar-refractivity contribution in [2.75, 3.05) is 26.2 Å². The van der Waals surface area contributed by atoms with Gasteiger partial charge in [0.05, 0.1) is 6.54 Å². The van der Waals surface area contributed by atoms with Crippen molar-refractivity contribution in [1.29, 1.82) is 0 Å². The number of aryl methyl sites for hydroxylation is 1. The third-order valence-corrected chi connectivity index (χ3v) is 6.11. The van der Waals surface area contributed by atoms with Crippen LogP contribution in [-0.2, 0) is 16.1 Å². The van der Waals surface area contributed by atoms with Crippen molar-refractivity contribution in [1.82, 2.24) is 19.4 Å². The molecule has 0 spiro atoms.